The number of carbonyl (C=O) groups is 2. The van der Waals surface area contributed by atoms with Crippen LogP contribution in [0.4, 0.5) is 4.79 Å². The maximum absolute atomic E-state index is 11.8. The smallest absolute Gasteiger partial charge is 0.331 e. The zero-order valence-corrected chi connectivity index (χ0v) is 11.5. The van der Waals surface area contributed by atoms with E-state index < -0.39 is 12.0 Å². The van der Waals surface area contributed by atoms with E-state index in [1.54, 1.807) is 24.6 Å². The van der Waals surface area contributed by atoms with Crippen molar-refractivity contribution in [3.8, 4) is 0 Å². The van der Waals surface area contributed by atoms with Gasteiger partial charge in [-0.25, -0.2) is 9.59 Å². The summed E-state index contributed by atoms with van der Waals surface area (Å²) in [6.45, 7) is 4.58. The van der Waals surface area contributed by atoms with Crippen LogP contribution < -0.4 is 5.32 Å². The van der Waals surface area contributed by atoms with Gasteiger partial charge in [0.1, 0.15) is 0 Å². The van der Waals surface area contributed by atoms with Crippen molar-refractivity contribution in [1.29, 1.82) is 0 Å². The van der Waals surface area contributed by atoms with Gasteiger partial charge in [0.05, 0.1) is 0 Å². The zero-order valence-electron chi connectivity index (χ0n) is 10.7. The third-order valence-electron chi connectivity index (χ3n) is 2.33. The van der Waals surface area contributed by atoms with E-state index in [4.69, 9.17) is 5.11 Å². The van der Waals surface area contributed by atoms with Crippen LogP contribution in [0.5, 0.6) is 0 Å². The lowest BCUT2D eigenvalue weighted by molar-refractivity contribution is -0.139. The SMILES string of the molecule is CC(C)CN(C)C(=O)NC(C(=O)O)c1cccs1. The summed E-state index contributed by atoms with van der Waals surface area (Å²) >= 11 is 1.31. The van der Waals surface area contributed by atoms with E-state index in [1.807, 2.05) is 13.8 Å². The van der Waals surface area contributed by atoms with Crippen molar-refractivity contribution in [3.63, 3.8) is 0 Å². The van der Waals surface area contributed by atoms with Crippen LogP contribution in [0.25, 0.3) is 0 Å². The molecule has 0 spiro atoms. The van der Waals surface area contributed by atoms with Gasteiger partial charge in [0.2, 0.25) is 0 Å². The minimum absolute atomic E-state index is 0.339. The van der Waals surface area contributed by atoms with Crippen molar-refractivity contribution in [1.82, 2.24) is 10.2 Å². The molecule has 6 heteroatoms. The van der Waals surface area contributed by atoms with Crippen LogP contribution in [0, 0.1) is 5.92 Å². The van der Waals surface area contributed by atoms with Gasteiger partial charge >= 0.3 is 12.0 Å². The number of nitrogens with one attached hydrogen (secondary N) is 1. The molecule has 0 bridgehead atoms. The Hall–Kier alpha value is -1.56. The van der Waals surface area contributed by atoms with Gasteiger partial charge in [0.15, 0.2) is 6.04 Å². The standard InChI is InChI=1S/C12H18N2O3S/c1-8(2)7-14(3)12(17)13-10(11(15)16)9-5-4-6-18-9/h4-6,8,10H,7H2,1-3H3,(H,13,17)(H,15,16). The first-order valence-electron chi connectivity index (χ1n) is 5.69. The number of hydrogen-bond donors (Lipinski definition) is 2. The van der Waals surface area contributed by atoms with Crippen molar-refractivity contribution in [2.24, 2.45) is 5.92 Å². The lowest BCUT2D eigenvalue weighted by Crippen LogP contribution is -2.42. The summed E-state index contributed by atoms with van der Waals surface area (Å²) in [5, 5.41) is 13.4. The molecule has 1 heterocycles. The number of carboxylic acids is 1. The maximum atomic E-state index is 11.8. The Labute approximate surface area is 110 Å². The first-order chi connectivity index (χ1) is 8.41. The highest BCUT2D eigenvalue weighted by molar-refractivity contribution is 7.10. The molecular formula is C12H18N2O3S. The predicted molar refractivity (Wildman–Crippen MR) is 70.7 cm³/mol. The van der Waals surface area contributed by atoms with Crippen molar-refractivity contribution in [2.75, 3.05) is 13.6 Å². The lowest BCUT2D eigenvalue weighted by atomic mass is 10.2. The molecule has 1 unspecified atom stereocenters. The molecule has 1 atom stereocenters. The van der Waals surface area contributed by atoms with Crippen molar-refractivity contribution in [2.45, 2.75) is 19.9 Å². The first-order valence-corrected chi connectivity index (χ1v) is 6.57. The number of hydrogen-bond acceptors (Lipinski definition) is 3. The fourth-order valence-corrected chi connectivity index (χ4v) is 2.34. The topological polar surface area (TPSA) is 69.6 Å². The van der Waals surface area contributed by atoms with Gasteiger partial charge in [-0.05, 0) is 17.4 Å². The Bertz CT molecular complexity index is 403. The number of aliphatic carboxylic acids is 1. The molecule has 100 valence electrons. The molecule has 0 saturated carbocycles. The summed E-state index contributed by atoms with van der Waals surface area (Å²) in [6.07, 6.45) is 0. The van der Waals surface area contributed by atoms with Crippen molar-refractivity contribution < 1.29 is 14.7 Å². The summed E-state index contributed by atoms with van der Waals surface area (Å²) < 4.78 is 0. The molecule has 0 aliphatic rings. The van der Waals surface area contributed by atoms with E-state index in [1.165, 1.54) is 16.2 Å². The number of nitrogens with zero attached hydrogens (tertiary/aromatic N) is 1. The van der Waals surface area contributed by atoms with Gasteiger partial charge in [-0.1, -0.05) is 19.9 Å². The largest absolute Gasteiger partial charge is 0.479 e. The van der Waals surface area contributed by atoms with Crippen LogP contribution in [0.2, 0.25) is 0 Å². The Balaban J connectivity index is 2.68. The number of carboxylic acid groups (broad SMARTS) is 1. The van der Waals surface area contributed by atoms with Gasteiger partial charge in [0, 0.05) is 18.5 Å². The van der Waals surface area contributed by atoms with E-state index in [9.17, 15) is 9.59 Å². The molecule has 1 aromatic rings. The van der Waals surface area contributed by atoms with Crippen molar-refractivity contribution >= 4 is 23.3 Å². The predicted octanol–water partition coefficient (Wildman–Crippen LogP) is 2.17. The zero-order chi connectivity index (χ0) is 13.7. The molecule has 0 fully saturated rings. The van der Waals surface area contributed by atoms with Crippen LogP contribution >= 0.6 is 11.3 Å². The van der Waals surface area contributed by atoms with Gasteiger partial charge in [-0.15, -0.1) is 11.3 Å². The summed E-state index contributed by atoms with van der Waals surface area (Å²) in [5.74, 6) is -0.713. The molecule has 2 amide bonds. The van der Waals surface area contributed by atoms with Crippen LogP contribution in [0.1, 0.15) is 24.8 Å². The molecule has 0 saturated heterocycles. The summed E-state index contributed by atoms with van der Waals surface area (Å²) in [5.41, 5.74) is 0. The monoisotopic (exact) mass is 270 g/mol. The molecule has 5 nitrogen and oxygen atoms in total. The van der Waals surface area contributed by atoms with E-state index in [2.05, 4.69) is 5.32 Å². The maximum Gasteiger partial charge on any atom is 0.331 e. The average Bonchev–Trinajstić information content (AvgIpc) is 2.77. The number of urea groups is 1. The summed E-state index contributed by atoms with van der Waals surface area (Å²) in [7, 11) is 1.66. The highest BCUT2D eigenvalue weighted by Gasteiger charge is 2.24. The molecule has 1 aromatic heterocycles. The molecule has 0 aliphatic heterocycles. The summed E-state index contributed by atoms with van der Waals surface area (Å²) in [4.78, 5) is 25.1. The Morgan fingerprint density at radius 1 is 1.50 bits per heavy atom. The van der Waals surface area contributed by atoms with E-state index in [-0.39, 0.29) is 6.03 Å². The van der Waals surface area contributed by atoms with Gasteiger partial charge < -0.3 is 15.3 Å². The fraction of sp³-hybridized carbons (Fsp3) is 0.500. The highest BCUT2D eigenvalue weighted by Crippen LogP contribution is 2.19. The second-order valence-corrected chi connectivity index (χ2v) is 5.49. The average molecular weight is 270 g/mol. The van der Waals surface area contributed by atoms with Crippen molar-refractivity contribution in [3.05, 3.63) is 22.4 Å². The summed E-state index contributed by atoms with van der Waals surface area (Å²) in [6, 6.07) is 2.11. The van der Waals surface area contributed by atoms with Crippen LogP contribution in [-0.2, 0) is 4.79 Å². The number of thiophene rings is 1. The minimum Gasteiger partial charge on any atom is -0.479 e. The molecule has 1 rings (SSSR count). The van der Waals surface area contributed by atoms with Gasteiger partial charge in [-0.2, -0.15) is 0 Å². The highest BCUT2D eigenvalue weighted by atomic mass is 32.1. The third kappa shape index (κ3) is 4.03. The second-order valence-electron chi connectivity index (χ2n) is 4.51. The Morgan fingerprint density at radius 2 is 2.17 bits per heavy atom. The Kier molecular flexibility index (Phi) is 5.15. The van der Waals surface area contributed by atoms with Crippen LogP contribution in [0.3, 0.4) is 0 Å². The number of carbonyl (C=O) groups excluding carboxylic acids is 1. The van der Waals surface area contributed by atoms with Gasteiger partial charge in [0.25, 0.3) is 0 Å². The molecule has 18 heavy (non-hydrogen) atoms. The fourth-order valence-electron chi connectivity index (χ4n) is 1.57. The minimum atomic E-state index is -1.05. The van der Waals surface area contributed by atoms with E-state index in [0.29, 0.717) is 17.3 Å². The Morgan fingerprint density at radius 3 is 2.61 bits per heavy atom. The number of rotatable bonds is 5. The molecule has 2 N–H and O–H groups in total. The normalized spacial score (nSPS) is 12.2. The molecular weight excluding hydrogens is 252 g/mol. The number of amides is 2. The lowest BCUT2D eigenvalue weighted by Gasteiger charge is -2.22. The first kappa shape index (κ1) is 14.5. The molecule has 0 aromatic carbocycles. The van der Waals surface area contributed by atoms with E-state index >= 15 is 0 Å². The molecule has 0 aliphatic carbocycles. The van der Waals surface area contributed by atoms with Gasteiger partial charge in [-0.3, -0.25) is 0 Å². The van der Waals surface area contributed by atoms with Crippen LogP contribution in [0.15, 0.2) is 17.5 Å². The van der Waals surface area contributed by atoms with Crippen LogP contribution in [-0.4, -0.2) is 35.6 Å². The van der Waals surface area contributed by atoms with E-state index in [0.717, 1.165) is 0 Å². The second kappa shape index (κ2) is 6.39. The third-order valence-corrected chi connectivity index (χ3v) is 3.27. The molecule has 0 radical (unpaired) electrons. The quantitative estimate of drug-likeness (QED) is 0.861.